The van der Waals surface area contributed by atoms with Crippen molar-refractivity contribution in [2.75, 3.05) is 13.1 Å². The van der Waals surface area contributed by atoms with Gasteiger partial charge in [0.2, 0.25) is 0 Å². The number of carbonyl (C=O) groups excluding carboxylic acids is 1. The van der Waals surface area contributed by atoms with Crippen molar-refractivity contribution in [3.05, 3.63) is 29.3 Å². The predicted molar refractivity (Wildman–Crippen MR) is 123 cm³/mol. The molecular weight excluding hydrogens is 377 g/mol. The van der Waals surface area contributed by atoms with Gasteiger partial charge in [0.15, 0.2) is 0 Å². The van der Waals surface area contributed by atoms with Crippen LogP contribution in [0.4, 0.5) is 4.79 Å². The summed E-state index contributed by atoms with van der Waals surface area (Å²) in [4.78, 5) is 14.4. The summed E-state index contributed by atoms with van der Waals surface area (Å²) in [5.41, 5.74) is 2.21. The number of aryl methyl sites for hydroxylation is 1. The first-order valence-corrected chi connectivity index (χ1v) is 11.2. The molecule has 30 heavy (non-hydrogen) atoms. The van der Waals surface area contributed by atoms with Gasteiger partial charge in [-0.2, -0.15) is 0 Å². The van der Waals surface area contributed by atoms with Crippen molar-refractivity contribution in [1.82, 2.24) is 4.90 Å². The topological polar surface area (TPSA) is 48.0 Å². The Hall–Kier alpha value is -1.53. The van der Waals surface area contributed by atoms with Gasteiger partial charge in [0.1, 0.15) is 5.60 Å². The molecular formula is C24H40BNO4. The molecule has 0 bridgehead atoms. The minimum absolute atomic E-state index is 0.235. The summed E-state index contributed by atoms with van der Waals surface area (Å²) in [6.45, 7) is 19.6. The van der Waals surface area contributed by atoms with Crippen molar-refractivity contribution in [3.63, 3.8) is 0 Å². The van der Waals surface area contributed by atoms with Gasteiger partial charge in [0.05, 0.1) is 11.2 Å². The molecule has 1 saturated heterocycles. The van der Waals surface area contributed by atoms with Gasteiger partial charge in [-0.1, -0.05) is 37.1 Å². The van der Waals surface area contributed by atoms with Crippen LogP contribution in [0.1, 0.15) is 79.4 Å². The van der Waals surface area contributed by atoms with Crippen LogP contribution in [0.15, 0.2) is 18.2 Å². The summed E-state index contributed by atoms with van der Waals surface area (Å²) >= 11 is 0. The number of benzene rings is 1. The second kappa shape index (κ2) is 9.31. The number of hydrogen-bond acceptors (Lipinski definition) is 4. The number of hydrogen-bond donors (Lipinski definition) is 0. The molecule has 0 spiro atoms. The van der Waals surface area contributed by atoms with E-state index in [9.17, 15) is 4.79 Å². The Morgan fingerprint density at radius 2 is 1.70 bits per heavy atom. The average molecular weight is 417 g/mol. The molecule has 168 valence electrons. The first-order chi connectivity index (χ1) is 13.8. The van der Waals surface area contributed by atoms with E-state index < -0.39 is 5.60 Å². The zero-order chi connectivity index (χ0) is 22.7. The molecule has 0 radical (unpaired) electrons. The van der Waals surface area contributed by atoms with Gasteiger partial charge in [-0.25, -0.2) is 4.79 Å². The molecule has 0 aliphatic carbocycles. The Balaban J connectivity index is 2.06. The number of carbonyl (C=O) groups is 1. The van der Waals surface area contributed by atoms with Crippen LogP contribution in [0.2, 0.25) is 0 Å². The summed E-state index contributed by atoms with van der Waals surface area (Å²) in [5.74, 6) is 0. The molecule has 1 heterocycles. The van der Waals surface area contributed by atoms with Crippen molar-refractivity contribution >= 4 is 18.7 Å². The van der Waals surface area contributed by atoms with Crippen molar-refractivity contribution in [2.45, 2.75) is 98.4 Å². The number of amides is 1. The van der Waals surface area contributed by atoms with Gasteiger partial charge in [-0.3, -0.25) is 0 Å². The first-order valence-electron chi connectivity index (χ1n) is 11.2. The molecule has 0 N–H and O–H groups in total. The fourth-order valence-corrected chi connectivity index (χ4v) is 3.36. The van der Waals surface area contributed by atoms with E-state index >= 15 is 0 Å². The summed E-state index contributed by atoms with van der Waals surface area (Å²) in [6, 6.07) is 6.38. The molecule has 0 saturated carbocycles. The van der Waals surface area contributed by atoms with E-state index in [4.69, 9.17) is 14.0 Å². The van der Waals surface area contributed by atoms with Crippen molar-refractivity contribution in [1.29, 1.82) is 0 Å². The minimum atomic E-state index is -0.484. The molecule has 0 atom stereocenters. The summed E-state index contributed by atoms with van der Waals surface area (Å²) in [7, 11) is -0.355. The lowest BCUT2D eigenvalue weighted by Crippen LogP contribution is -2.41. The van der Waals surface area contributed by atoms with Crippen LogP contribution in [0.5, 0.6) is 0 Å². The van der Waals surface area contributed by atoms with Crippen LogP contribution in [0.3, 0.4) is 0 Å². The van der Waals surface area contributed by atoms with E-state index in [-0.39, 0.29) is 24.4 Å². The van der Waals surface area contributed by atoms with Crippen molar-refractivity contribution in [2.24, 2.45) is 0 Å². The fraction of sp³-hybridized carbons (Fsp3) is 0.708. The standard InChI is InChI=1S/C24H40BNO4/c1-10-11-15-26(21(27)28-22(3,4)5)16-14-19-12-13-20(18(2)17-19)25-29-23(6,7)24(8,9)30-25/h12-13,17H,10-11,14-16H2,1-9H3. The van der Waals surface area contributed by atoms with Crippen LogP contribution in [-0.2, 0) is 20.5 Å². The monoisotopic (exact) mass is 417 g/mol. The molecule has 1 aliphatic rings. The third-order valence-corrected chi connectivity index (χ3v) is 5.95. The maximum Gasteiger partial charge on any atom is 0.495 e. The zero-order valence-corrected chi connectivity index (χ0v) is 20.4. The molecule has 1 amide bonds. The zero-order valence-electron chi connectivity index (χ0n) is 20.4. The van der Waals surface area contributed by atoms with Gasteiger partial charge in [0.25, 0.3) is 0 Å². The number of rotatable bonds is 7. The second-order valence-corrected chi connectivity index (χ2v) is 10.4. The highest BCUT2D eigenvalue weighted by atomic mass is 16.7. The second-order valence-electron chi connectivity index (χ2n) is 10.4. The van der Waals surface area contributed by atoms with Gasteiger partial charge in [-0.05, 0) is 79.3 Å². The van der Waals surface area contributed by atoms with Crippen LogP contribution < -0.4 is 5.46 Å². The van der Waals surface area contributed by atoms with Gasteiger partial charge < -0.3 is 18.9 Å². The summed E-state index contributed by atoms with van der Waals surface area (Å²) in [6.07, 6.45) is 2.56. The van der Waals surface area contributed by atoms with Crippen LogP contribution in [-0.4, -0.2) is 48.0 Å². The predicted octanol–water partition coefficient (Wildman–Crippen LogP) is 4.87. The highest BCUT2D eigenvalue weighted by Gasteiger charge is 2.52. The lowest BCUT2D eigenvalue weighted by molar-refractivity contribution is 0.00578. The highest BCUT2D eigenvalue weighted by Crippen LogP contribution is 2.36. The molecule has 1 aromatic carbocycles. The van der Waals surface area contributed by atoms with E-state index in [0.29, 0.717) is 6.54 Å². The van der Waals surface area contributed by atoms with Gasteiger partial charge >= 0.3 is 13.2 Å². The lowest BCUT2D eigenvalue weighted by atomic mass is 9.75. The number of nitrogens with zero attached hydrogens (tertiary/aromatic N) is 1. The van der Waals surface area contributed by atoms with E-state index in [1.54, 1.807) is 0 Å². The molecule has 1 fully saturated rings. The van der Waals surface area contributed by atoms with E-state index in [0.717, 1.165) is 36.8 Å². The van der Waals surface area contributed by atoms with E-state index in [2.05, 4.69) is 59.7 Å². The lowest BCUT2D eigenvalue weighted by Gasteiger charge is -2.32. The minimum Gasteiger partial charge on any atom is -0.444 e. The maximum absolute atomic E-state index is 12.6. The van der Waals surface area contributed by atoms with Gasteiger partial charge in [-0.15, -0.1) is 0 Å². The smallest absolute Gasteiger partial charge is 0.444 e. The summed E-state index contributed by atoms with van der Waals surface area (Å²) in [5, 5.41) is 0. The quantitative estimate of drug-likeness (QED) is 0.594. The Bertz CT molecular complexity index is 723. The average Bonchev–Trinajstić information content (AvgIpc) is 2.80. The number of unbranched alkanes of at least 4 members (excludes halogenated alkanes) is 1. The van der Waals surface area contributed by atoms with E-state index in [1.807, 2.05) is 25.7 Å². The molecule has 6 heteroatoms. The highest BCUT2D eigenvalue weighted by molar-refractivity contribution is 6.62. The summed E-state index contributed by atoms with van der Waals surface area (Å²) < 4.78 is 18.0. The Morgan fingerprint density at radius 3 is 2.20 bits per heavy atom. The van der Waals surface area contributed by atoms with Crippen LogP contribution in [0, 0.1) is 6.92 Å². The van der Waals surface area contributed by atoms with Crippen molar-refractivity contribution in [3.8, 4) is 0 Å². The third-order valence-electron chi connectivity index (χ3n) is 5.95. The first kappa shape index (κ1) is 24.7. The Morgan fingerprint density at radius 1 is 1.10 bits per heavy atom. The molecule has 2 rings (SSSR count). The maximum atomic E-state index is 12.6. The molecule has 1 aromatic rings. The SMILES string of the molecule is CCCCN(CCc1ccc(B2OC(C)(C)C(C)(C)O2)c(C)c1)C(=O)OC(C)(C)C. The molecule has 0 aromatic heterocycles. The molecule has 0 unspecified atom stereocenters. The van der Waals surface area contributed by atoms with Crippen LogP contribution >= 0.6 is 0 Å². The normalized spacial score (nSPS) is 17.8. The molecule has 1 aliphatic heterocycles. The largest absolute Gasteiger partial charge is 0.495 e. The van der Waals surface area contributed by atoms with Gasteiger partial charge in [0, 0.05) is 13.1 Å². The third kappa shape index (κ3) is 6.24. The fourth-order valence-electron chi connectivity index (χ4n) is 3.36. The number of ether oxygens (including phenoxy) is 1. The van der Waals surface area contributed by atoms with E-state index in [1.165, 1.54) is 5.56 Å². The Labute approximate surface area is 183 Å². The molecule has 5 nitrogen and oxygen atoms in total. The Kier molecular flexibility index (Phi) is 7.68. The van der Waals surface area contributed by atoms with Crippen LogP contribution in [0.25, 0.3) is 0 Å². The van der Waals surface area contributed by atoms with Crippen molar-refractivity contribution < 1.29 is 18.8 Å².